The molecule has 7 nitrogen and oxygen atoms in total. The fourth-order valence-electron chi connectivity index (χ4n) is 3.74. The van der Waals surface area contributed by atoms with Crippen LogP contribution in [0.2, 0.25) is 0 Å². The minimum atomic E-state index is -0.763. The summed E-state index contributed by atoms with van der Waals surface area (Å²) in [6, 6.07) is 7.13. The number of hydrogen-bond acceptors (Lipinski definition) is 4. The van der Waals surface area contributed by atoms with Crippen LogP contribution in [-0.4, -0.2) is 48.0 Å². The van der Waals surface area contributed by atoms with E-state index in [0.29, 0.717) is 0 Å². The van der Waals surface area contributed by atoms with Gasteiger partial charge in [-0.3, -0.25) is 9.59 Å². The number of carbonyl (C=O) groups excluding carboxylic acids is 3. The molecule has 0 spiro atoms. The number of benzene rings is 1. The molecule has 1 aromatic rings. The first-order valence-electron chi connectivity index (χ1n) is 11.2. The average molecular weight is 432 g/mol. The van der Waals surface area contributed by atoms with E-state index < -0.39 is 17.7 Å². The number of hydrogen-bond donors (Lipinski definition) is 2. The molecule has 0 saturated heterocycles. The highest BCUT2D eigenvalue weighted by Crippen LogP contribution is 2.23. The molecule has 0 heterocycles. The first-order chi connectivity index (χ1) is 14.6. The molecule has 2 N–H and O–H groups in total. The maximum absolute atomic E-state index is 13.2. The van der Waals surface area contributed by atoms with Crippen LogP contribution < -0.4 is 10.6 Å². The highest BCUT2D eigenvalue weighted by atomic mass is 16.6. The monoisotopic (exact) mass is 431 g/mol. The maximum Gasteiger partial charge on any atom is 0.408 e. The highest BCUT2D eigenvalue weighted by molar-refractivity contribution is 5.90. The van der Waals surface area contributed by atoms with Crippen molar-refractivity contribution in [2.24, 2.45) is 0 Å². The van der Waals surface area contributed by atoms with Crippen LogP contribution in [0.1, 0.15) is 77.0 Å². The number of alkyl carbamates (subject to hydrolysis) is 1. The van der Waals surface area contributed by atoms with Gasteiger partial charge in [-0.05, 0) is 51.2 Å². The van der Waals surface area contributed by atoms with Gasteiger partial charge in [-0.1, -0.05) is 50.5 Å². The molecule has 2 rings (SSSR count). The Labute approximate surface area is 185 Å². The minimum Gasteiger partial charge on any atom is -0.444 e. The van der Waals surface area contributed by atoms with E-state index in [0.717, 1.165) is 43.2 Å². The Bertz CT molecular complexity index is 749. The third kappa shape index (κ3) is 7.89. The number of amides is 3. The zero-order valence-corrected chi connectivity index (χ0v) is 19.5. The Morgan fingerprint density at radius 3 is 2.26 bits per heavy atom. The molecule has 0 bridgehead atoms. The van der Waals surface area contributed by atoms with Gasteiger partial charge in [-0.2, -0.15) is 0 Å². The summed E-state index contributed by atoms with van der Waals surface area (Å²) < 4.78 is 5.19. The van der Waals surface area contributed by atoms with Crippen molar-refractivity contribution in [3.8, 4) is 0 Å². The van der Waals surface area contributed by atoms with Crippen molar-refractivity contribution >= 4 is 17.9 Å². The molecule has 3 amide bonds. The van der Waals surface area contributed by atoms with Crippen molar-refractivity contribution in [2.45, 2.75) is 83.9 Å². The molecule has 31 heavy (non-hydrogen) atoms. The predicted molar refractivity (Wildman–Crippen MR) is 121 cm³/mol. The van der Waals surface area contributed by atoms with E-state index in [1.54, 1.807) is 27.8 Å². The lowest BCUT2D eigenvalue weighted by atomic mass is 9.94. The van der Waals surface area contributed by atoms with Crippen LogP contribution in [0.25, 0.3) is 0 Å². The largest absolute Gasteiger partial charge is 0.444 e. The van der Waals surface area contributed by atoms with Crippen molar-refractivity contribution in [1.82, 2.24) is 15.5 Å². The van der Waals surface area contributed by atoms with Gasteiger partial charge in [0.25, 0.3) is 0 Å². The second-order valence-corrected chi connectivity index (χ2v) is 9.20. The fourth-order valence-corrected chi connectivity index (χ4v) is 3.74. The lowest BCUT2D eigenvalue weighted by molar-refractivity contribution is -0.139. The fraction of sp³-hybridized carbons (Fsp3) is 0.625. The van der Waals surface area contributed by atoms with E-state index in [4.69, 9.17) is 4.74 Å². The summed E-state index contributed by atoms with van der Waals surface area (Å²) in [4.78, 5) is 39.4. The molecular formula is C24H37N3O4. The van der Waals surface area contributed by atoms with E-state index in [1.165, 1.54) is 11.3 Å². The molecule has 0 aliphatic heterocycles. The molecule has 1 atom stereocenters. The molecule has 1 aromatic carbocycles. The van der Waals surface area contributed by atoms with Gasteiger partial charge in [-0.25, -0.2) is 4.79 Å². The number of rotatable bonds is 7. The quantitative estimate of drug-likeness (QED) is 0.689. The van der Waals surface area contributed by atoms with E-state index in [2.05, 4.69) is 17.6 Å². The lowest BCUT2D eigenvalue weighted by Crippen LogP contribution is -2.48. The number of carbonyl (C=O) groups is 3. The van der Waals surface area contributed by atoms with Crippen LogP contribution in [0.5, 0.6) is 0 Å². The summed E-state index contributed by atoms with van der Waals surface area (Å²) in [6.45, 7) is 7.09. The third-order valence-electron chi connectivity index (χ3n) is 5.47. The van der Waals surface area contributed by atoms with Gasteiger partial charge in [0.15, 0.2) is 0 Å². The van der Waals surface area contributed by atoms with Crippen LogP contribution in [0.15, 0.2) is 24.3 Å². The molecule has 0 radical (unpaired) electrons. The molecule has 1 unspecified atom stereocenters. The van der Waals surface area contributed by atoms with Crippen molar-refractivity contribution in [3.05, 3.63) is 35.4 Å². The average Bonchev–Trinajstić information content (AvgIpc) is 2.72. The number of aryl methyl sites for hydroxylation is 1. The summed E-state index contributed by atoms with van der Waals surface area (Å²) in [5.41, 5.74) is 1.26. The Morgan fingerprint density at radius 1 is 1.10 bits per heavy atom. The second-order valence-electron chi connectivity index (χ2n) is 9.20. The first kappa shape index (κ1) is 24.7. The van der Waals surface area contributed by atoms with Crippen LogP contribution in [0.3, 0.4) is 0 Å². The zero-order valence-electron chi connectivity index (χ0n) is 19.5. The second kappa shape index (κ2) is 11.2. The number of nitrogens with one attached hydrogen (secondary N) is 2. The summed E-state index contributed by atoms with van der Waals surface area (Å²) in [7, 11) is 1.60. The molecule has 0 aromatic heterocycles. The van der Waals surface area contributed by atoms with Crippen molar-refractivity contribution in [3.63, 3.8) is 0 Å². The van der Waals surface area contributed by atoms with E-state index in [9.17, 15) is 14.4 Å². The molecular weight excluding hydrogens is 394 g/mol. The van der Waals surface area contributed by atoms with E-state index >= 15 is 0 Å². The first-order valence-corrected chi connectivity index (χ1v) is 11.2. The third-order valence-corrected chi connectivity index (χ3v) is 5.47. The van der Waals surface area contributed by atoms with Crippen LogP contribution in [0.4, 0.5) is 4.79 Å². The van der Waals surface area contributed by atoms with Gasteiger partial charge in [0.2, 0.25) is 11.8 Å². The molecule has 1 fully saturated rings. The minimum absolute atomic E-state index is 0.141. The van der Waals surface area contributed by atoms with Crippen molar-refractivity contribution in [2.75, 3.05) is 13.6 Å². The smallest absolute Gasteiger partial charge is 0.408 e. The zero-order chi connectivity index (χ0) is 23.0. The number of nitrogens with zero attached hydrogens (tertiary/aromatic N) is 1. The molecule has 7 heteroatoms. The van der Waals surface area contributed by atoms with Gasteiger partial charge in [0.1, 0.15) is 18.2 Å². The lowest BCUT2D eigenvalue weighted by Gasteiger charge is -2.31. The standard InChI is InChI=1S/C24H37N3O4/c1-6-17-12-14-18(15-13-17)21(22(29)26-19-10-8-7-9-11-19)27(5)20(28)16-25-23(30)31-24(2,3)4/h12-15,19,21H,6-11,16H2,1-5H3,(H,25,30)(H,26,29). The van der Waals surface area contributed by atoms with E-state index in [-0.39, 0.29) is 24.4 Å². The Balaban J connectivity index is 2.12. The van der Waals surface area contributed by atoms with Gasteiger partial charge in [0.05, 0.1) is 0 Å². The van der Waals surface area contributed by atoms with Crippen molar-refractivity contribution < 1.29 is 19.1 Å². The topological polar surface area (TPSA) is 87.7 Å². The summed E-state index contributed by atoms with van der Waals surface area (Å²) in [5, 5.41) is 5.61. The number of ether oxygens (including phenoxy) is 1. The van der Waals surface area contributed by atoms with Gasteiger partial charge < -0.3 is 20.3 Å². The SMILES string of the molecule is CCc1ccc(C(C(=O)NC2CCCCC2)N(C)C(=O)CNC(=O)OC(C)(C)C)cc1. The van der Waals surface area contributed by atoms with Crippen LogP contribution in [0, 0.1) is 0 Å². The van der Waals surface area contributed by atoms with Crippen molar-refractivity contribution in [1.29, 1.82) is 0 Å². The summed E-state index contributed by atoms with van der Waals surface area (Å²) >= 11 is 0. The number of likely N-dealkylation sites (N-methyl/N-ethyl adjacent to an activating group) is 1. The Kier molecular flexibility index (Phi) is 8.89. The van der Waals surface area contributed by atoms with E-state index in [1.807, 2.05) is 24.3 Å². The summed E-state index contributed by atoms with van der Waals surface area (Å²) in [5.74, 6) is -0.557. The maximum atomic E-state index is 13.2. The Morgan fingerprint density at radius 2 is 1.71 bits per heavy atom. The van der Waals surface area contributed by atoms with Crippen LogP contribution >= 0.6 is 0 Å². The van der Waals surface area contributed by atoms with Gasteiger partial charge in [0, 0.05) is 13.1 Å². The highest BCUT2D eigenvalue weighted by Gasteiger charge is 2.30. The van der Waals surface area contributed by atoms with Gasteiger partial charge >= 0.3 is 6.09 Å². The molecule has 1 saturated carbocycles. The molecule has 172 valence electrons. The van der Waals surface area contributed by atoms with Gasteiger partial charge in [-0.15, -0.1) is 0 Å². The molecule has 1 aliphatic rings. The van der Waals surface area contributed by atoms with Crippen LogP contribution in [-0.2, 0) is 20.7 Å². The predicted octanol–water partition coefficient (Wildman–Crippen LogP) is 3.72. The summed E-state index contributed by atoms with van der Waals surface area (Å²) in [6.07, 6.45) is 5.57. The normalized spacial score (nSPS) is 15.6. The molecule has 1 aliphatic carbocycles. The Hall–Kier alpha value is -2.57.